The Balaban J connectivity index is 1.24. The van der Waals surface area contributed by atoms with Gasteiger partial charge in [0.15, 0.2) is 5.76 Å². The summed E-state index contributed by atoms with van der Waals surface area (Å²) in [6, 6.07) is 11.7. The summed E-state index contributed by atoms with van der Waals surface area (Å²) in [5, 5.41) is 9.76. The average Bonchev–Trinajstić information content (AvgIpc) is 3.49. The average molecular weight is 449 g/mol. The van der Waals surface area contributed by atoms with Crippen LogP contribution < -0.4 is 10.6 Å². The molecule has 4 aromatic rings. The van der Waals surface area contributed by atoms with E-state index < -0.39 is 0 Å². The van der Waals surface area contributed by atoms with E-state index in [0.29, 0.717) is 34.6 Å². The van der Waals surface area contributed by atoms with Gasteiger partial charge in [-0.3, -0.25) is 9.59 Å². The molecule has 1 fully saturated rings. The zero-order chi connectivity index (χ0) is 22.1. The van der Waals surface area contributed by atoms with Crippen molar-refractivity contribution >= 4 is 34.5 Å². The van der Waals surface area contributed by atoms with Crippen LogP contribution >= 0.6 is 11.3 Å². The van der Waals surface area contributed by atoms with Crippen LogP contribution in [0.1, 0.15) is 56.9 Å². The molecule has 5 rings (SSSR count). The lowest BCUT2D eigenvalue weighted by atomic mass is 9.85. The van der Waals surface area contributed by atoms with Crippen LogP contribution in [0.4, 0.5) is 11.4 Å². The molecular weight excluding hydrogens is 428 g/mol. The summed E-state index contributed by atoms with van der Waals surface area (Å²) in [5.74, 6) is 1.25. The molecule has 3 aromatic heterocycles. The number of rotatable bonds is 6. The maximum atomic E-state index is 12.7. The van der Waals surface area contributed by atoms with Gasteiger partial charge in [0.2, 0.25) is 11.7 Å². The van der Waals surface area contributed by atoms with Gasteiger partial charge in [0.1, 0.15) is 0 Å². The quantitative estimate of drug-likeness (QED) is 0.405. The molecule has 1 aliphatic rings. The van der Waals surface area contributed by atoms with E-state index in [2.05, 4.69) is 20.8 Å². The number of carbonyl (C=O) groups excluding carboxylic acids is 2. The van der Waals surface area contributed by atoms with Gasteiger partial charge in [-0.2, -0.15) is 4.98 Å². The van der Waals surface area contributed by atoms with Crippen LogP contribution in [0.2, 0.25) is 0 Å². The smallest absolute Gasteiger partial charge is 0.291 e. The number of hydrogen-bond donors (Lipinski definition) is 2. The van der Waals surface area contributed by atoms with Gasteiger partial charge in [0, 0.05) is 22.0 Å². The second-order valence-corrected chi connectivity index (χ2v) is 8.88. The third-order valence-corrected chi connectivity index (χ3v) is 6.48. The van der Waals surface area contributed by atoms with E-state index in [4.69, 9.17) is 8.94 Å². The highest BCUT2D eigenvalue weighted by Gasteiger charge is 2.26. The molecule has 2 amide bonds. The maximum absolute atomic E-state index is 12.7. The van der Waals surface area contributed by atoms with Crippen molar-refractivity contribution in [1.29, 1.82) is 0 Å². The molecule has 1 aliphatic carbocycles. The van der Waals surface area contributed by atoms with Crippen LogP contribution in [0.5, 0.6) is 0 Å². The molecule has 0 bridgehead atoms. The molecule has 0 spiro atoms. The number of amides is 2. The molecule has 2 N–H and O–H groups in total. The second-order valence-electron chi connectivity index (χ2n) is 7.63. The summed E-state index contributed by atoms with van der Waals surface area (Å²) >= 11 is 1.51. The minimum absolute atomic E-state index is 0.219. The predicted molar refractivity (Wildman–Crippen MR) is 120 cm³/mol. The highest BCUT2D eigenvalue weighted by molar-refractivity contribution is 7.16. The molecule has 0 saturated heterocycles. The van der Waals surface area contributed by atoms with Crippen LogP contribution in [0.25, 0.3) is 10.7 Å². The van der Waals surface area contributed by atoms with E-state index >= 15 is 0 Å². The van der Waals surface area contributed by atoms with E-state index in [1.165, 1.54) is 24.0 Å². The number of furan rings is 1. The number of hydrogen-bond acceptors (Lipinski definition) is 7. The summed E-state index contributed by atoms with van der Waals surface area (Å²) < 4.78 is 10.5. The molecular formula is C23H20N4O4S. The third-order valence-electron chi connectivity index (χ3n) is 5.43. The Bertz CT molecular complexity index is 1250. The van der Waals surface area contributed by atoms with Crippen molar-refractivity contribution in [2.45, 2.75) is 32.1 Å². The minimum atomic E-state index is -0.351. The van der Waals surface area contributed by atoms with Gasteiger partial charge in [-0.15, -0.1) is 11.3 Å². The molecule has 1 aromatic carbocycles. The SMILES string of the molecule is Cc1sc(-c2noc(C3CCC3)n2)cc1NC(=O)c1ccc(NC(=O)c2ccco2)cc1. The van der Waals surface area contributed by atoms with E-state index in [1.54, 1.807) is 36.4 Å². The molecule has 8 nitrogen and oxygen atoms in total. The number of carbonyl (C=O) groups is 2. The van der Waals surface area contributed by atoms with Gasteiger partial charge in [0.05, 0.1) is 16.8 Å². The first kappa shape index (κ1) is 20.2. The number of thiophene rings is 1. The van der Waals surface area contributed by atoms with Gasteiger partial charge in [-0.05, 0) is 62.2 Å². The van der Waals surface area contributed by atoms with Crippen molar-refractivity contribution < 1.29 is 18.5 Å². The largest absolute Gasteiger partial charge is 0.459 e. The fraction of sp³-hybridized carbons (Fsp3) is 0.217. The molecule has 0 unspecified atom stereocenters. The predicted octanol–water partition coefficient (Wildman–Crippen LogP) is 5.47. The fourth-order valence-electron chi connectivity index (χ4n) is 3.37. The van der Waals surface area contributed by atoms with Crippen LogP contribution in [-0.2, 0) is 0 Å². The lowest BCUT2D eigenvalue weighted by Crippen LogP contribution is -2.13. The summed E-state index contributed by atoms with van der Waals surface area (Å²) in [7, 11) is 0. The van der Waals surface area contributed by atoms with E-state index in [9.17, 15) is 9.59 Å². The Morgan fingerprint density at radius 2 is 1.91 bits per heavy atom. The number of aryl methyl sites for hydroxylation is 1. The van der Waals surface area contributed by atoms with Crippen LogP contribution in [-0.4, -0.2) is 22.0 Å². The van der Waals surface area contributed by atoms with Crippen LogP contribution in [0, 0.1) is 6.92 Å². The Hall–Kier alpha value is -3.72. The molecule has 0 aliphatic heterocycles. The number of anilines is 2. The second kappa shape index (κ2) is 8.43. The van der Waals surface area contributed by atoms with Crippen molar-refractivity contribution in [3.63, 3.8) is 0 Å². The topological polar surface area (TPSA) is 110 Å². The maximum Gasteiger partial charge on any atom is 0.291 e. The molecule has 1 saturated carbocycles. The lowest BCUT2D eigenvalue weighted by molar-refractivity contribution is 0.0995. The van der Waals surface area contributed by atoms with Gasteiger partial charge in [-0.1, -0.05) is 11.6 Å². The Labute approximate surface area is 187 Å². The van der Waals surface area contributed by atoms with Gasteiger partial charge in [-0.25, -0.2) is 0 Å². The van der Waals surface area contributed by atoms with E-state index in [0.717, 1.165) is 22.6 Å². The third kappa shape index (κ3) is 4.06. The first-order valence-electron chi connectivity index (χ1n) is 10.3. The van der Waals surface area contributed by atoms with E-state index in [1.807, 2.05) is 13.0 Å². The molecule has 162 valence electrons. The molecule has 9 heteroatoms. The molecule has 32 heavy (non-hydrogen) atoms. The molecule has 3 heterocycles. The summed E-state index contributed by atoms with van der Waals surface area (Å²) in [6.07, 6.45) is 4.83. The van der Waals surface area contributed by atoms with Crippen molar-refractivity contribution in [3.8, 4) is 10.7 Å². The normalized spacial score (nSPS) is 13.5. The van der Waals surface area contributed by atoms with Crippen LogP contribution in [0.3, 0.4) is 0 Å². The zero-order valence-electron chi connectivity index (χ0n) is 17.3. The highest BCUT2D eigenvalue weighted by Crippen LogP contribution is 2.38. The van der Waals surface area contributed by atoms with Gasteiger partial charge in [0.25, 0.3) is 11.8 Å². The van der Waals surface area contributed by atoms with Gasteiger partial charge >= 0.3 is 0 Å². The highest BCUT2D eigenvalue weighted by atomic mass is 32.1. The fourth-order valence-corrected chi connectivity index (χ4v) is 4.27. The Morgan fingerprint density at radius 3 is 2.59 bits per heavy atom. The van der Waals surface area contributed by atoms with Gasteiger partial charge < -0.3 is 19.6 Å². The van der Waals surface area contributed by atoms with Crippen molar-refractivity contribution in [3.05, 3.63) is 70.8 Å². The Morgan fingerprint density at radius 1 is 1.09 bits per heavy atom. The van der Waals surface area contributed by atoms with Crippen molar-refractivity contribution in [2.75, 3.05) is 10.6 Å². The Kier molecular flexibility index (Phi) is 5.32. The van der Waals surface area contributed by atoms with E-state index in [-0.39, 0.29) is 17.6 Å². The number of nitrogens with zero attached hydrogens (tertiary/aromatic N) is 2. The minimum Gasteiger partial charge on any atom is -0.459 e. The molecule has 0 atom stereocenters. The standard InChI is InChI=1S/C23H20N4O4S/c1-13-17(12-19(32-13)20-26-23(31-27-20)15-4-2-5-15)25-21(28)14-7-9-16(10-8-14)24-22(29)18-6-3-11-30-18/h3,6-12,15H,2,4-5H2,1H3,(H,24,29)(H,25,28). The zero-order valence-corrected chi connectivity index (χ0v) is 18.1. The van der Waals surface area contributed by atoms with Crippen molar-refractivity contribution in [2.24, 2.45) is 0 Å². The lowest BCUT2D eigenvalue weighted by Gasteiger charge is -2.20. The first-order chi connectivity index (χ1) is 15.6. The molecule has 0 radical (unpaired) electrons. The summed E-state index contributed by atoms with van der Waals surface area (Å²) in [6.45, 7) is 1.93. The number of aromatic nitrogens is 2. The van der Waals surface area contributed by atoms with Crippen molar-refractivity contribution in [1.82, 2.24) is 10.1 Å². The monoisotopic (exact) mass is 448 g/mol. The number of benzene rings is 1. The van der Waals surface area contributed by atoms with Crippen LogP contribution in [0.15, 0.2) is 57.7 Å². The first-order valence-corrected chi connectivity index (χ1v) is 11.1. The summed E-state index contributed by atoms with van der Waals surface area (Å²) in [5.41, 5.74) is 1.75. The number of nitrogens with one attached hydrogen (secondary N) is 2. The summed E-state index contributed by atoms with van der Waals surface area (Å²) in [4.78, 5) is 31.1.